The number of nitrogens with zero attached hydrogens (tertiary/aromatic N) is 5. The summed E-state index contributed by atoms with van der Waals surface area (Å²) in [6.45, 7) is 6.93. The van der Waals surface area contributed by atoms with Gasteiger partial charge >= 0.3 is 0 Å². The van der Waals surface area contributed by atoms with Gasteiger partial charge in [0.25, 0.3) is 5.56 Å². The highest BCUT2D eigenvalue weighted by Crippen LogP contribution is 2.25. The van der Waals surface area contributed by atoms with Crippen molar-refractivity contribution in [1.82, 2.24) is 24.6 Å². The Morgan fingerprint density at radius 2 is 1.97 bits per heavy atom. The van der Waals surface area contributed by atoms with Gasteiger partial charge in [0.2, 0.25) is 0 Å². The molecule has 0 atom stereocenters. The van der Waals surface area contributed by atoms with E-state index in [0.717, 1.165) is 22.8 Å². The van der Waals surface area contributed by atoms with Gasteiger partial charge in [-0.1, -0.05) is 38.1 Å². The minimum Gasteiger partial charge on any atom is -0.395 e. The molecular formula is C26H28N6O3. The van der Waals surface area contributed by atoms with Crippen LogP contribution >= 0.6 is 0 Å². The van der Waals surface area contributed by atoms with E-state index in [0.29, 0.717) is 42.0 Å². The molecule has 0 aliphatic carbocycles. The van der Waals surface area contributed by atoms with Crippen molar-refractivity contribution in [2.45, 2.75) is 45.6 Å². The third-order valence-corrected chi connectivity index (χ3v) is 6.64. The van der Waals surface area contributed by atoms with Gasteiger partial charge < -0.3 is 15.0 Å². The molecule has 9 heteroatoms. The quantitative estimate of drug-likeness (QED) is 0.414. The number of rotatable bonds is 6. The summed E-state index contributed by atoms with van der Waals surface area (Å²) in [7, 11) is 0. The van der Waals surface area contributed by atoms with E-state index in [-0.39, 0.29) is 29.8 Å². The highest BCUT2D eigenvalue weighted by molar-refractivity contribution is 5.97. The van der Waals surface area contributed by atoms with E-state index < -0.39 is 0 Å². The van der Waals surface area contributed by atoms with Crippen LogP contribution in [0.5, 0.6) is 0 Å². The van der Waals surface area contributed by atoms with Crippen molar-refractivity contribution < 1.29 is 9.90 Å². The molecular weight excluding hydrogens is 444 g/mol. The summed E-state index contributed by atoms with van der Waals surface area (Å²) < 4.78 is 1.77. The van der Waals surface area contributed by atoms with Crippen molar-refractivity contribution in [3.05, 3.63) is 86.9 Å². The molecule has 0 saturated carbocycles. The first-order chi connectivity index (χ1) is 16.7. The molecule has 1 aliphatic heterocycles. The number of benzene rings is 1. The zero-order valence-electron chi connectivity index (χ0n) is 20.1. The largest absolute Gasteiger partial charge is 0.395 e. The van der Waals surface area contributed by atoms with E-state index in [1.165, 1.54) is 6.33 Å². The first-order valence-electron chi connectivity index (χ1n) is 11.7. The summed E-state index contributed by atoms with van der Waals surface area (Å²) in [6.07, 6.45) is 2.23. The van der Waals surface area contributed by atoms with Crippen molar-refractivity contribution in [3.8, 4) is 0 Å². The lowest BCUT2D eigenvalue weighted by Gasteiger charge is -2.29. The van der Waals surface area contributed by atoms with Crippen molar-refractivity contribution in [3.63, 3.8) is 0 Å². The second-order valence-electron chi connectivity index (χ2n) is 9.71. The van der Waals surface area contributed by atoms with Crippen LogP contribution in [0.25, 0.3) is 5.65 Å². The number of aliphatic hydroxyl groups excluding tert-OH is 1. The highest BCUT2D eigenvalue weighted by Gasteiger charge is 2.24. The fourth-order valence-corrected chi connectivity index (χ4v) is 4.45. The van der Waals surface area contributed by atoms with Gasteiger partial charge in [-0.3, -0.25) is 9.59 Å². The van der Waals surface area contributed by atoms with E-state index in [1.807, 2.05) is 45.0 Å². The molecule has 0 saturated heterocycles. The van der Waals surface area contributed by atoms with Crippen molar-refractivity contribution >= 4 is 17.2 Å². The molecule has 35 heavy (non-hydrogen) atoms. The lowest BCUT2D eigenvalue weighted by Crippen LogP contribution is -2.36. The molecule has 0 unspecified atom stereocenters. The number of carbonyl (C=O) groups excluding carboxylic acids is 1. The van der Waals surface area contributed by atoms with Gasteiger partial charge in [0, 0.05) is 36.1 Å². The normalized spacial score (nSPS) is 13.8. The molecule has 0 spiro atoms. The molecule has 2 N–H and O–H groups in total. The molecule has 3 aromatic heterocycles. The number of fused-ring (bicyclic) bond motifs is 2. The Kier molecular flexibility index (Phi) is 5.72. The summed E-state index contributed by atoms with van der Waals surface area (Å²) in [4.78, 5) is 39.2. The number of aromatic amines is 1. The van der Waals surface area contributed by atoms with Crippen LogP contribution in [0.4, 0.5) is 5.82 Å². The molecule has 9 nitrogen and oxygen atoms in total. The van der Waals surface area contributed by atoms with E-state index in [4.69, 9.17) is 0 Å². The molecule has 0 fully saturated rings. The van der Waals surface area contributed by atoms with Gasteiger partial charge in [-0.15, -0.1) is 0 Å². The number of aryl methyl sites for hydroxylation is 1. The molecule has 5 rings (SSSR count). The topological polar surface area (TPSA) is 116 Å². The monoisotopic (exact) mass is 472 g/mol. The number of hydrogen-bond donors (Lipinski definition) is 2. The van der Waals surface area contributed by atoms with Gasteiger partial charge in [-0.2, -0.15) is 9.61 Å². The number of aromatic nitrogens is 5. The maximum atomic E-state index is 13.1. The standard InChI is InChI=1S/C26H28N6O3/c1-16-10-23-29-19(11-22(34)17-4-6-18(7-5-17)26(2,3)14-33)12-24(32(23)30-16)31-9-8-21-20(13-31)25(35)28-15-27-21/h4-7,10,12,15,33H,8-9,11,13-14H2,1-3H3,(H,27,28,35). The Bertz CT molecular complexity index is 1470. The smallest absolute Gasteiger partial charge is 0.255 e. The molecule has 0 radical (unpaired) electrons. The number of hydrogen-bond acceptors (Lipinski definition) is 7. The Balaban J connectivity index is 1.46. The maximum absolute atomic E-state index is 13.1. The van der Waals surface area contributed by atoms with Crippen molar-refractivity contribution in [2.75, 3.05) is 18.1 Å². The van der Waals surface area contributed by atoms with Gasteiger partial charge in [0.1, 0.15) is 5.82 Å². The average molecular weight is 473 g/mol. The Hall–Kier alpha value is -3.85. The van der Waals surface area contributed by atoms with E-state index in [9.17, 15) is 14.7 Å². The zero-order valence-corrected chi connectivity index (χ0v) is 20.1. The summed E-state index contributed by atoms with van der Waals surface area (Å²) in [5, 5.41) is 14.2. The molecule has 1 aromatic carbocycles. The summed E-state index contributed by atoms with van der Waals surface area (Å²) in [5.74, 6) is 0.752. The predicted molar refractivity (Wildman–Crippen MR) is 132 cm³/mol. The molecule has 4 heterocycles. The van der Waals surface area contributed by atoms with E-state index in [1.54, 1.807) is 16.6 Å². The molecule has 1 aliphatic rings. The lowest BCUT2D eigenvalue weighted by molar-refractivity contribution is 0.0992. The Labute approximate surface area is 202 Å². The van der Waals surface area contributed by atoms with Crippen molar-refractivity contribution in [1.29, 1.82) is 0 Å². The number of Topliss-reactive ketones (excluding diaryl/α,β-unsaturated/α-hetero) is 1. The molecule has 4 aromatic rings. The van der Waals surface area contributed by atoms with Gasteiger partial charge in [-0.05, 0) is 12.5 Å². The van der Waals surface area contributed by atoms with Crippen LogP contribution in [0.1, 0.15) is 52.4 Å². The molecule has 0 bridgehead atoms. The van der Waals surface area contributed by atoms with E-state index >= 15 is 0 Å². The fourth-order valence-electron chi connectivity index (χ4n) is 4.45. The minimum atomic E-state index is -0.368. The second-order valence-corrected chi connectivity index (χ2v) is 9.71. The number of anilines is 1. The Morgan fingerprint density at radius 1 is 1.20 bits per heavy atom. The highest BCUT2D eigenvalue weighted by atomic mass is 16.3. The predicted octanol–water partition coefficient (Wildman–Crippen LogP) is 2.38. The third-order valence-electron chi connectivity index (χ3n) is 6.64. The van der Waals surface area contributed by atoms with Crippen LogP contribution in [0.15, 0.2) is 47.5 Å². The SMILES string of the molecule is Cc1cc2nc(CC(=O)c3ccc(C(C)(C)CO)cc3)cc(N3CCc4nc[nH]c(=O)c4C3)n2n1. The summed E-state index contributed by atoms with van der Waals surface area (Å²) >= 11 is 0. The lowest BCUT2D eigenvalue weighted by atomic mass is 9.85. The zero-order chi connectivity index (χ0) is 24.7. The number of aliphatic hydroxyl groups is 1. The average Bonchev–Trinajstić information content (AvgIpc) is 3.23. The fraction of sp³-hybridized carbons (Fsp3) is 0.346. The minimum absolute atomic E-state index is 0.0284. The van der Waals surface area contributed by atoms with Gasteiger partial charge in [0.05, 0.1) is 48.5 Å². The second kappa shape index (κ2) is 8.74. The molecule has 180 valence electrons. The number of nitrogens with one attached hydrogen (secondary N) is 1. The van der Waals surface area contributed by atoms with Gasteiger partial charge in [-0.25, -0.2) is 9.97 Å². The van der Waals surface area contributed by atoms with Crippen LogP contribution in [-0.4, -0.2) is 48.6 Å². The van der Waals surface area contributed by atoms with Crippen LogP contribution in [0.3, 0.4) is 0 Å². The maximum Gasteiger partial charge on any atom is 0.255 e. The summed E-state index contributed by atoms with van der Waals surface area (Å²) in [6, 6.07) is 11.2. The van der Waals surface area contributed by atoms with Crippen LogP contribution < -0.4 is 10.5 Å². The first-order valence-corrected chi connectivity index (χ1v) is 11.7. The van der Waals surface area contributed by atoms with Crippen LogP contribution in [0, 0.1) is 6.92 Å². The summed E-state index contributed by atoms with van der Waals surface area (Å²) in [5.41, 5.74) is 4.66. The third kappa shape index (κ3) is 4.35. The van der Waals surface area contributed by atoms with Crippen LogP contribution in [-0.2, 0) is 24.8 Å². The first kappa shape index (κ1) is 22.9. The Morgan fingerprint density at radius 3 is 2.71 bits per heavy atom. The van der Waals surface area contributed by atoms with E-state index in [2.05, 4.69) is 25.0 Å². The van der Waals surface area contributed by atoms with Gasteiger partial charge in [0.15, 0.2) is 11.4 Å². The van der Waals surface area contributed by atoms with Crippen LogP contribution in [0.2, 0.25) is 0 Å². The van der Waals surface area contributed by atoms with Crippen molar-refractivity contribution in [2.24, 2.45) is 0 Å². The number of ketones is 1. The molecule has 0 amide bonds. The number of carbonyl (C=O) groups is 1. The number of H-pyrrole nitrogens is 1.